The summed E-state index contributed by atoms with van der Waals surface area (Å²) in [6, 6.07) is 12.5. The topological polar surface area (TPSA) is 85.3 Å². The fourth-order valence-corrected chi connectivity index (χ4v) is 5.67. The maximum atomic E-state index is 12.7. The predicted molar refractivity (Wildman–Crippen MR) is 123 cm³/mol. The van der Waals surface area contributed by atoms with Gasteiger partial charge in [0.15, 0.2) is 5.76 Å². The number of carbonyl (C=O) groups excluding carboxylic acids is 2. The number of nitrogens with one attached hydrogen (secondary N) is 1. The van der Waals surface area contributed by atoms with Crippen LogP contribution in [0.3, 0.4) is 0 Å². The molecule has 1 saturated carbocycles. The van der Waals surface area contributed by atoms with Crippen LogP contribution >= 0.6 is 58.0 Å². The van der Waals surface area contributed by atoms with Crippen molar-refractivity contribution in [3.8, 4) is 0 Å². The first-order chi connectivity index (χ1) is 14.6. The van der Waals surface area contributed by atoms with Crippen LogP contribution in [0.25, 0.3) is 0 Å². The first-order valence-corrected chi connectivity index (χ1v) is 10.8. The summed E-state index contributed by atoms with van der Waals surface area (Å²) in [5.74, 6) is -1.90. The number of hydrogen-bond donors (Lipinski definition) is 2. The Labute approximate surface area is 202 Å². The van der Waals surface area contributed by atoms with Crippen molar-refractivity contribution in [2.45, 2.75) is 15.7 Å². The third-order valence-electron chi connectivity index (χ3n) is 5.26. The molecular weight excluding hydrogens is 506 g/mol. The van der Waals surface area contributed by atoms with Gasteiger partial charge >= 0.3 is 0 Å². The molecule has 160 valence electrons. The number of rotatable bonds is 5. The molecule has 4 rings (SSSR count). The summed E-state index contributed by atoms with van der Waals surface area (Å²) in [4.78, 5) is 25.1. The maximum Gasteiger partial charge on any atom is 0.291 e. The largest absolute Gasteiger partial charge is 0.459 e. The van der Waals surface area contributed by atoms with Crippen LogP contribution in [-0.2, 0) is 10.2 Å². The minimum atomic E-state index is -1.58. The normalized spacial score (nSPS) is 21.5. The molecule has 2 amide bonds. The second-order valence-electron chi connectivity index (χ2n) is 7.06. The zero-order valence-electron chi connectivity index (χ0n) is 15.5. The van der Waals surface area contributed by atoms with Gasteiger partial charge in [-0.1, -0.05) is 64.1 Å². The molecule has 0 bridgehead atoms. The van der Waals surface area contributed by atoms with E-state index in [2.05, 4.69) is 5.32 Å². The maximum absolute atomic E-state index is 12.7. The molecule has 1 aliphatic rings. The fourth-order valence-electron chi connectivity index (χ4n) is 3.87. The number of amides is 2. The zero-order valence-corrected chi connectivity index (χ0v) is 19.2. The van der Waals surface area contributed by atoms with Crippen LogP contribution < -0.4 is 11.1 Å². The van der Waals surface area contributed by atoms with Crippen LogP contribution in [0.4, 0.5) is 5.69 Å². The number of primary amides is 1. The van der Waals surface area contributed by atoms with Crippen molar-refractivity contribution >= 4 is 75.5 Å². The van der Waals surface area contributed by atoms with E-state index in [1.54, 1.807) is 30.3 Å². The molecule has 5 nitrogen and oxygen atoms in total. The van der Waals surface area contributed by atoms with Crippen LogP contribution in [0.5, 0.6) is 0 Å². The van der Waals surface area contributed by atoms with E-state index in [0.717, 1.165) is 0 Å². The molecule has 10 heteroatoms. The van der Waals surface area contributed by atoms with E-state index in [1.165, 1.54) is 24.5 Å². The lowest BCUT2D eigenvalue weighted by Gasteiger charge is -2.17. The number of alkyl halides is 2. The van der Waals surface area contributed by atoms with Crippen molar-refractivity contribution in [1.29, 1.82) is 0 Å². The predicted octanol–water partition coefficient (Wildman–Crippen LogP) is 6.19. The van der Waals surface area contributed by atoms with E-state index in [9.17, 15) is 9.59 Å². The second kappa shape index (κ2) is 7.91. The minimum absolute atomic E-state index is 0.0907. The number of benzene rings is 2. The van der Waals surface area contributed by atoms with E-state index < -0.39 is 27.5 Å². The lowest BCUT2D eigenvalue weighted by Crippen LogP contribution is -2.34. The van der Waals surface area contributed by atoms with Crippen LogP contribution in [0.2, 0.25) is 15.1 Å². The number of hydrogen-bond acceptors (Lipinski definition) is 3. The molecule has 1 fully saturated rings. The summed E-state index contributed by atoms with van der Waals surface area (Å²) in [6.45, 7) is 0. The van der Waals surface area contributed by atoms with Gasteiger partial charge in [-0.25, -0.2) is 0 Å². The Hall–Kier alpha value is -1.89. The Morgan fingerprint density at radius 1 is 1.00 bits per heavy atom. The van der Waals surface area contributed by atoms with Crippen molar-refractivity contribution in [3.05, 3.63) is 86.7 Å². The van der Waals surface area contributed by atoms with Gasteiger partial charge in [0.1, 0.15) is 9.75 Å². The average molecular weight is 519 g/mol. The van der Waals surface area contributed by atoms with Gasteiger partial charge in [-0.15, -0.1) is 0 Å². The first kappa shape index (κ1) is 22.3. The molecule has 0 radical (unpaired) electrons. The van der Waals surface area contributed by atoms with Gasteiger partial charge in [0.25, 0.3) is 5.91 Å². The highest BCUT2D eigenvalue weighted by Gasteiger charge is 2.80. The fraction of sp³-hybridized carbons (Fsp3) is 0.143. The third kappa shape index (κ3) is 3.59. The van der Waals surface area contributed by atoms with Crippen molar-refractivity contribution < 1.29 is 14.0 Å². The molecule has 0 aliphatic heterocycles. The SMILES string of the molecule is NC(=O)C1(c2ccc(Cl)c(NC(=O)c3ccco3)c2)C(c2cc(Cl)cc(Cl)c2)C1(Cl)Cl. The lowest BCUT2D eigenvalue weighted by atomic mass is 9.89. The van der Waals surface area contributed by atoms with Crippen molar-refractivity contribution in [2.75, 3.05) is 5.32 Å². The summed E-state index contributed by atoms with van der Waals surface area (Å²) >= 11 is 31.7. The summed E-state index contributed by atoms with van der Waals surface area (Å²) in [7, 11) is 0. The highest BCUT2D eigenvalue weighted by atomic mass is 35.5. The number of anilines is 1. The van der Waals surface area contributed by atoms with Gasteiger partial charge in [-0.3, -0.25) is 9.59 Å². The molecule has 1 heterocycles. The Kier molecular flexibility index (Phi) is 5.69. The molecule has 1 aliphatic carbocycles. The molecular formula is C21H13Cl5N2O3. The van der Waals surface area contributed by atoms with Crippen molar-refractivity contribution in [2.24, 2.45) is 5.73 Å². The molecule has 3 N–H and O–H groups in total. The summed E-state index contributed by atoms with van der Waals surface area (Å²) in [5, 5.41) is 3.61. The molecule has 2 aromatic carbocycles. The summed E-state index contributed by atoms with van der Waals surface area (Å²) in [5.41, 5.74) is 5.47. The molecule has 1 aromatic heterocycles. The molecule has 31 heavy (non-hydrogen) atoms. The monoisotopic (exact) mass is 516 g/mol. The molecule has 2 atom stereocenters. The Morgan fingerprint density at radius 2 is 1.68 bits per heavy atom. The molecule has 0 saturated heterocycles. The average Bonchev–Trinajstić information content (AvgIpc) is 3.00. The molecule has 2 unspecified atom stereocenters. The van der Waals surface area contributed by atoms with Gasteiger partial charge < -0.3 is 15.5 Å². The second-order valence-corrected chi connectivity index (χ2v) is 9.72. The van der Waals surface area contributed by atoms with Crippen LogP contribution in [0, 0.1) is 0 Å². The number of furan rings is 1. The van der Waals surface area contributed by atoms with E-state index in [1.807, 2.05) is 0 Å². The number of carbonyl (C=O) groups is 2. The quantitative estimate of drug-likeness (QED) is 0.395. The number of halogens is 5. The van der Waals surface area contributed by atoms with Crippen molar-refractivity contribution in [1.82, 2.24) is 0 Å². The van der Waals surface area contributed by atoms with Gasteiger partial charge in [0.2, 0.25) is 5.91 Å². The summed E-state index contributed by atoms with van der Waals surface area (Å²) in [6.07, 6.45) is 1.37. The van der Waals surface area contributed by atoms with E-state index in [-0.39, 0.29) is 16.5 Å². The van der Waals surface area contributed by atoms with E-state index >= 15 is 0 Å². The number of nitrogens with two attached hydrogens (primary N) is 1. The van der Waals surface area contributed by atoms with E-state index in [0.29, 0.717) is 21.2 Å². The minimum Gasteiger partial charge on any atom is -0.459 e. The van der Waals surface area contributed by atoms with Gasteiger partial charge in [-0.05, 0) is 53.6 Å². The van der Waals surface area contributed by atoms with Crippen LogP contribution in [-0.4, -0.2) is 16.1 Å². The van der Waals surface area contributed by atoms with Crippen LogP contribution in [0.15, 0.2) is 59.2 Å². The highest BCUT2D eigenvalue weighted by Crippen LogP contribution is 2.74. The first-order valence-electron chi connectivity index (χ1n) is 8.87. The zero-order chi connectivity index (χ0) is 22.6. The van der Waals surface area contributed by atoms with Gasteiger partial charge in [0, 0.05) is 16.0 Å². The standard InChI is InChI=1S/C21H13Cl5N2O3/c22-12-6-10(7-13(23)9-12)17-20(19(27)30,21(17,25)26)11-3-4-14(24)15(8-11)28-18(29)16-2-1-5-31-16/h1-9,17H,(H2,27,30)(H,28,29). The van der Waals surface area contributed by atoms with Gasteiger partial charge in [-0.2, -0.15) is 0 Å². The Balaban J connectivity index is 1.79. The molecule has 3 aromatic rings. The summed E-state index contributed by atoms with van der Waals surface area (Å²) < 4.78 is 3.51. The highest BCUT2D eigenvalue weighted by molar-refractivity contribution is 6.55. The Morgan fingerprint density at radius 3 is 2.26 bits per heavy atom. The molecule has 0 spiro atoms. The van der Waals surface area contributed by atoms with Crippen LogP contribution in [0.1, 0.15) is 27.6 Å². The smallest absolute Gasteiger partial charge is 0.291 e. The third-order valence-corrected chi connectivity index (χ3v) is 7.06. The lowest BCUT2D eigenvalue weighted by molar-refractivity contribution is -0.120. The van der Waals surface area contributed by atoms with Crippen molar-refractivity contribution in [3.63, 3.8) is 0 Å². The Bertz CT molecular complexity index is 1180. The van der Waals surface area contributed by atoms with Gasteiger partial charge in [0.05, 0.1) is 17.0 Å². The van der Waals surface area contributed by atoms with E-state index in [4.69, 9.17) is 68.2 Å².